The fraction of sp³-hybridized carbons (Fsp3) is 0.857. The molecule has 0 radical (unpaired) electrons. The zero-order valence-electron chi connectivity index (χ0n) is 11.5. The molecule has 1 heterocycles. The van der Waals surface area contributed by atoms with Crippen molar-refractivity contribution >= 4 is 11.7 Å². The van der Waals surface area contributed by atoms with Gasteiger partial charge in [0.05, 0.1) is 6.04 Å². The number of nitrogens with zero attached hydrogens (tertiary/aromatic N) is 1. The van der Waals surface area contributed by atoms with Gasteiger partial charge in [0, 0.05) is 18.9 Å². The van der Waals surface area contributed by atoms with Gasteiger partial charge in [-0.25, -0.2) is 0 Å². The summed E-state index contributed by atoms with van der Waals surface area (Å²) in [5, 5.41) is 0. The summed E-state index contributed by atoms with van der Waals surface area (Å²) in [7, 11) is 0. The minimum absolute atomic E-state index is 0.0419. The Morgan fingerprint density at radius 2 is 1.94 bits per heavy atom. The fourth-order valence-electron chi connectivity index (χ4n) is 2.69. The maximum atomic E-state index is 12.3. The molecule has 98 valence electrons. The summed E-state index contributed by atoms with van der Waals surface area (Å²) in [5.74, 6) is 0.952. The molecule has 17 heavy (non-hydrogen) atoms. The van der Waals surface area contributed by atoms with Crippen molar-refractivity contribution in [2.75, 3.05) is 6.54 Å². The molecule has 2 unspecified atom stereocenters. The van der Waals surface area contributed by atoms with Gasteiger partial charge in [0.25, 0.3) is 0 Å². The summed E-state index contributed by atoms with van der Waals surface area (Å²) < 4.78 is 0. The van der Waals surface area contributed by atoms with E-state index in [0.29, 0.717) is 12.3 Å². The van der Waals surface area contributed by atoms with Gasteiger partial charge in [0.1, 0.15) is 0 Å². The van der Waals surface area contributed by atoms with E-state index in [0.717, 1.165) is 25.8 Å². The maximum absolute atomic E-state index is 12.3. The van der Waals surface area contributed by atoms with Crippen molar-refractivity contribution in [2.45, 2.75) is 59.4 Å². The van der Waals surface area contributed by atoms with Crippen LogP contribution in [0.1, 0.15) is 53.4 Å². The van der Waals surface area contributed by atoms with E-state index in [2.05, 4.69) is 13.8 Å². The molecule has 0 saturated carbocycles. The highest BCUT2D eigenvalue weighted by Crippen LogP contribution is 2.23. The molecular weight excluding hydrogens is 214 g/mol. The number of Topliss-reactive ketones (excluding diaryl/α,β-unsaturated/α-hetero) is 1. The summed E-state index contributed by atoms with van der Waals surface area (Å²) in [6.45, 7) is 8.87. The number of ketones is 1. The zero-order valence-corrected chi connectivity index (χ0v) is 11.5. The van der Waals surface area contributed by atoms with Gasteiger partial charge in [0.2, 0.25) is 5.91 Å². The average Bonchev–Trinajstić information content (AvgIpc) is 2.74. The highest BCUT2D eigenvalue weighted by atomic mass is 16.2. The summed E-state index contributed by atoms with van der Waals surface area (Å²) in [6.07, 6.45) is 3.26. The molecule has 3 heteroatoms. The number of carbonyl (C=O) groups excluding carboxylic acids is 2. The Hall–Kier alpha value is -0.860. The molecule has 0 aromatic heterocycles. The van der Waals surface area contributed by atoms with E-state index in [1.54, 1.807) is 0 Å². The van der Waals surface area contributed by atoms with Gasteiger partial charge < -0.3 is 4.90 Å². The molecule has 0 aromatic carbocycles. The quantitative estimate of drug-likeness (QED) is 0.739. The third-order valence-corrected chi connectivity index (χ3v) is 3.50. The minimum atomic E-state index is -0.137. The van der Waals surface area contributed by atoms with E-state index in [1.807, 2.05) is 18.7 Å². The van der Waals surface area contributed by atoms with Crippen LogP contribution in [-0.4, -0.2) is 29.2 Å². The van der Waals surface area contributed by atoms with Crippen molar-refractivity contribution in [1.29, 1.82) is 0 Å². The molecular formula is C14H25NO2. The maximum Gasteiger partial charge on any atom is 0.226 e. The van der Waals surface area contributed by atoms with E-state index in [-0.39, 0.29) is 23.7 Å². The second-order valence-electron chi connectivity index (χ2n) is 5.54. The first-order valence-corrected chi connectivity index (χ1v) is 6.80. The smallest absolute Gasteiger partial charge is 0.226 e. The van der Waals surface area contributed by atoms with Gasteiger partial charge in [-0.15, -0.1) is 0 Å². The lowest BCUT2D eigenvalue weighted by Crippen LogP contribution is -2.43. The lowest BCUT2D eigenvalue weighted by atomic mass is 9.97. The number of carbonyl (C=O) groups is 2. The largest absolute Gasteiger partial charge is 0.332 e. The van der Waals surface area contributed by atoms with E-state index in [9.17, 15) is 9.59 Å². The molecule has 0 N–H and O–H groups in total. The Bertz CT molecular complexity index is 286. The van der Waals surface area contributed by atoms with Crippen LogP contribution in [0.2, 0.25) is 0 Å². The standard InChI is InChI=1S/C14H25NO2/c1-5-13(16)12-7-6-8-15(12)14(17)11(4)9-10(2)3/h10-12H,5-9H2,1-4H3. The van der Waals surface area contributed by atoms with Crippen LogP contribution in [0, 0.1) is 11.8 Å². The third kappa shape index (κ3) is 3.55. The predicted octanol–water partition coefficient (Wildman–Crippen LogP) is 2.64. The molecule has 2 atom stereocenters. The highest BCUT2D eigenvalue weighted by Gasteiger charge is 2.34. The van der Waals surface area contributed by atoms with Crippen molar-refractivity contribution < 1.29 is 9.59 Å². The zero-order chi connectivity index (χ0) is 13.0. The van der Waals surface area contributed by atoms with E-state index < -0.39 is 0 Å². The molecule has 1 aliphatic rings. The molecule has 0 aromatic rings. The predicted molar refractivity (Wildman–Crippen MR) is 68.7 cm³/mol. The minimum Gasteiger partial charge on any atom is -0.332 e. The van der Waals surface area contributed by atoms with Gasteiger partial charge in [0.15, 0.2) is 5.78 Å². The topological polar surface area (TPSA) is 37.4 Å². The molecule has 1 saturated heterocycles. The highest BCUT2D eigenvalue weighted by molar-refractivity contribution is 5.90. The van der Waals surface area contributed by atoms with Gasteiger partial charge in [-0.1, -0.05) is 27.7 Å². The molecule has 0 spiro atoms. The first-order valence-electron chi connectivity index (χ1n) is 6.80. The van der Waals surface area contributed by atoms with Gasteiger partial charge in [-0.2, -0.15) is 0 Å². The summed E-state index contributed by atoms with van der Waals surface area (Å²) in [4.78, 5) is 25.9. The first-order chi connectivity index (χ1) is 7.97. The second-order valence-corrected chi connectivity index (χ2v) is 5.54. The van der Waals surface area contributed by atoms with Crippen molar-refractivity contribution in [3.63, 3.8) is 0 Å². The fourth-order valence-corrected chi connectivity index (χ4v) is 2.69. The second kappa shape index (κ2) is 6.18. The molecule has 1 rings (SSSR count). The molecule has 1 amide bonds. The number of hydrogen-bond acceptors (Lipinski definition) is 2. The normalized spacial score (nSPS) is 21.9. The lowest BCUT2D eigenvalue weighted by molar-refractivity contribution is -0.140. The summed E-state index contributed by atoms with van der Waals surface area (Å²) in [6, 6.07) is -0.137. The van der Waals surface area contributed by atoms with Gasteiger partial charge in [-0.3, -0.25) is 9.59 Å². The lowest BCUT2D eigenvalue weighted by Gasteiger charge is -2.27. The van der Waals surface area contributed by atoms with Crippen LogP contribution >= 0.6 is 0 Å². The van der Waals surface area contributed by atoms with Crippen LogP contribution in [0.4, 0.5) is 0 Å². The molecule has 0 bridgehead atoms. The number of likely N-dealkylation sites (tertiary alicyclic amines) is 1. The number of hydrogen-bond donors (Lipinski definition) is 0. The Labute approximate surface area is 105 Å². The Morgan fingerprint density at radius 1 is 1.29 bits per heavy atom. The molecule has 0 aliphatic carbocycles. The first kappa shape index (κ1) is 14.2. The van der Waals surface area contributed by atoms with Crippen LogP contribution < -0.4 is 0 Å². The molecule has 1 aliphatic heterocycles. The van der Waals surface area contributed by atoms with Crippen LogP contribution in [0.5, 0.6) is 0 Å². The van der Waals surface area contributed by atoms with Crippen LogP contribution in [0.25, 0.3) is 0 Å². The SMILES string of the molecule is CCC(=O)C1CCCN1C(=O)C(C)CC(C)C. The van der Waals surface area contributed by atoms with E-state index in [4.69, 9.17) is 0 Å². The number of amides is 1. The van der Waals surface area contributed by atoms with Gasteiger partial charge >= 0.3 is 0 Å². The van der Waals surface area contributed by atoms with Crippen molar-refractivity contribution in [3.05, 3.63) is 0 Å². The Kier molecular flexibility index (Phi) is 5.16. The Balaban J connectivity index is 2.64. The van der Waals surface area contributed by atoms with E-state index >= 15 is 0 Å². The van der Waals surface area contributed by atoms with E-state index in [1.165, 1.54) is 0 Å². The average molecular weight is 239 g/mol. The van der Waals surface area contributed by atoms with Crippen LogP contribution in [0.15, 0.2) is 0 Å². The van der Waals surface area contributed by atoms with Gasteiger partial charge in [-0.05, 0) is 25.2 Å². The molecule has 1 fully saturated rings. The van der Waals surface area contributed by atoms with Crippen molar-refractivity contribution in [3.8, 4) is 0 Å². The van der Waals surface area contributed by atoms with Crippen molar-refractivity contribution in [1.82, 2.24) is 4.90 Å². The summed E-state index contributed by atoms with van der Waals surface area (Å²) >= 11 is 0. The molecule has 3 nitrogen and oxygen atoms in total. The van der Waals surface area contributed by atoms with Crippen molar-refractivity contribution in [2.24, 2.45) is 11.8 Å². The third-order valence-electron chi connectivity index (χ3n) is 3.50. The van der Waals surface area contributed by atoms with Crippen LogP contribution in [-0.2, 0) is 9.59 Å². The monoisotopic (exact) mass is 239 g/mol. The Morgan fingerprint density at radius 3 is 2.47 bits per heavy atom. The summed E-state index contributed by atoms with van der Waals surface area (Å²) in [5.41, 5.74) is 0. The number of rotatable bonds is 5. The van der Waals surface area contributed by atoms with Crippen LogP contribution in [0.3, 0.4) is 0 Å².